The number of hydrogen-bond donors (Lipinski definition) is 1. The fraction of sp³-hybridized carbons (Fsp3) is 0.211. The third-order valence-electron chi connectivity index (χ3n) is 3.83. The number of fused-ring (bicyclic) bond motifs is 1. The third-order valence-corrected chi connectivity index (χ3v) is 5.04. The van der Waals surface area contributed by atoms with Gasteiger partial charge in [0.1, 0.15) is 5.82 Å². The predicted molar refractivity (Wildman–Crippen MR) is 104 cm³/mol. The van der Waals surface area contributed by atoms with Crippen molar-refractivity contribution in [3.8, 4) is 0 Å². The number of aliphatic hydroxyl groups excluding tert-OH is 1. The second-order valence-corrected chi connectivity index (χ2v) is 7.42. The van der Waals surface area contributed by atoms with Gasteiger partial charge in [-0.2, -0.15) is 0 Å². The summed E-state index contributed by atoms with van der Waals surface area (Å²) in [5.41, 5.74) is 0.484. The quantitative estimate of drug-likeness (QED) is 0.385. The molecule has 1 atom stereocenters. The van der Waals surface area contributed by atoms with E-state index in [1.54, 1.807) is 25.1 Å². The normalized spacial score (nSPS) is 12.3. The van der Waals surface area contributed by atoms with Gasteiger partial charge < -0.3 is 5.11 Å². The fourth-order valence-electron chi connectivity index (χ4n) is 2.56. The highest BCUT2D eigenvalue weighted by atomic mass is 35.5. The molecule has 3 aromatic rings. The smallest absolute Gasteiger partial charge is 0.262 e. The van der Waals surface area contributed by atoms with Gasteiger partial charge in [-0.3, -0.25) is 14.2 Å². The minimum atomic E-state index is -0.763. The molecule has 27 heavy (non-hydrogen) atoms. The Bertz CT molecular complexity index is 1050. The zero-order chi connectivity index (χ0) is 19.6. The highest BCUT2D eigenvalue weighted by Crippen LogP contribution is 2.21. The number of aromatic nitrogens is 2. The van der Waals surface area contributed by atoms with Crippen LogP contribution >= 0.6 is 23.4 Å². The SMILES string of the molecule is C[C@H](O)Cn1c(SCC(=O)c2ccc(F)cc2)nc2cc(Cl)ccc2c1=O. The summed E-state index contributed by atoms with van der Waals surface area (Å²) in [6.45, 7) is 1.62. The summed E-state index contributed by atoms with van der Waals surface area (Å²) in [6, 6.07) is 10.0. The van der Waals surface area contributed by atoms with Crippen LogP contribution in [0.5, 0.6) is 0 Å². The van der Waals surface area contributed by atoms with Crippen LogP contribution < -0.4 is 5.56 Å². The number of hydrogen-bond acceptors (Lipinski definition) is 5. The Morgan fingerprint density at radius 2 is 2.00 bits per heavy atom. The number of aliphatic hydroxyl groups is 1. The Hall–Kier alpha value is -2.22. The number of halogens is 2. The number of Topliss-reactive ketones (excluding diaryl/α,β-unsaturated/α-hetero) is 1. The van der Waals surface area contributed by atoms with E-state index in [0.29, 0.717) is 26.6 Å². The van der Waals surface area contributed by atoms with Crippen molar-refractivity contribution in [2.24, 2.45) is 0 Å². The number of nitrogens with zero attached hydrogens (tertiary/aromatic N) is 2. The maximum atomic E-state index is 13.0. The first kappa shape index (κ1) is 19.5. The molecule has 0 aliphatic rings. The Morgan fingerprint density at radius 3 is 2.67 bits per heavy atom. The van der Waals surface area contributed by atoms with Crippen molar-refractivity contribution in [2.45, 2.75) is 24.7 Å². The van der Waals surface area contributed by atoms with E-state index in [0.717, 1.165) is 11.8 Å². The van der Waals surface area contributed by atoms with E-state index >= 15 is 0 Å². The van der Waals surface area contributed by atoms with Crippen molar-refractivity contribution in [3.63, 3.8) is 0 Å². The second kappa shape index (κ2) is 8.21. The lowest BCUT2D eigenvalue weighted by Crippen LogP contribution is -2.28. The van der Waals surface area contributed by atoms with E-state index in [4.69, 9.17) is 11.6 Å². The zero-order valence-corrected chi connectivity index (χ0v) is 15.9. The molecule has 1 N–H and O–H groups in total. The summed E-state index contributed by atoms with van der Waals surface area (Å²) < 4.78 is 14.4. The van der Waals surface area contributed by atoms with Crippen LogP contribution in [0.4, 0.5) is 4.39 Å². The Balaban J connectivity index is 1.95. The Kier molecular flexibility index (Phi) is 5.94. The topological polar surface area (TPSA) is 72.2 Å². The lowest BCUT2D eigenvalue weighted by molar-refractivity contribution is 0.102. The van der Waals surface area contributed by atoms with E-state index < -0.39 is 11.9 Å². The minimum Gasteiger partial charge on any atom is -0.392 e. The molecule has 5 nitrogen and oxygen atoms in total. The summed E-state index contributed by atoms with van der Waals surface area (Å²) in [5.74, 6) is -0.619. The first-order valence-electron chi connectivity index (χ1n) is 8.15. The van der Waals surface area contributed by atoms with Gasteiger partial charge in [-0.05, 0) is 49.4 Å². The average Bonchev–Trinajstić information content (AvgIpc) is 2.62. The molecule has 0 bridgehead atoms. The van der Waals surface area contributed by atoms with Crippen LogP contribution in [-0.4, -0.2) is 32.3 Å². The van der Waals surface area contributed by atoms with Crippen molar-refractivity contribution >= 4 is 40.0 Å². The van der Waals surface area contributed by atoms with Crippen LogP contribution in [0, 0.1) is 5.82 Å². The molecule has 0 fully saturated rings. The van der Waals surface area contributed by atoms with Gasteiger partial charge in [0.25, 0.3) is 5.56 Å². The van der Waals surface area contributed by atoms with Crippen molar-refractivity contribution < 1.29 is 14.3 Å². The van der Waals surface area contributed by atoms with E-state index in [2.05, 4.69) is 4.98 Å². The summed E-state index contributed by atoms with van der Waals surface area (Å²) in [6.07, 6.45) is -0.763. The van der Waals surface area contributed by atoms with Crippen LogP contribution in [0.25, 0.3) is 10.9 Å². The Morgan fingerprint density at radius 1 is 1.30 bits per heavy atom. The number of carbonyl (C=O) groups is 1. The molecule has 0 saturated carbocycles. The van der Waals surface area contributed by atoms with Crippen molar-refractivity contribution in [1.82, 2.24) is 9.55 Å². The van der Waals surface area contributed by atoms with Crippen molar-refractivity contribution in [2.75, 3.05) is 5.75 Å². The molecule has 140 valence electrons. The third kappa shape index (κ3) is 4.55. The molecule has 2 aromatic carbocycles. The number of thioether (sulfide) groups is 1. The van der Waals surface area contributed by atoms with Crippen LogP contribution in [-0.2, 0) is 6.54 Å². The molecule has 1 aromatic heterocycles. The van der Waals surface area contributed by atoms with Crippen LogP contribution in [0.15, 0.2) is 52.4 Å². The van der Waals surface area contributed by atoms with Gasteiger partial charge >= 0.3 is 0 Å². The molecule has 0 saturated heterocycles. The molecule has 8 heteroatoms. The van der Waals surface area contributed by atoms with Crippen LogP contribution in [0.3, 0.4) is 0 Å². The van der Waals surface area contributed by atoms with Gasteiger partial charge in [0.05, 0.1) is 29.3 Å². The summed E-state index contributed by atoms with van der Waals surface area (Å²) in [4.78, 5) is 29.6. The molecule has 0 amide bonds. The minimum absolute atomic E-state index is 0.0178. The molecular weight excluding hydrogens is 391 g/mol. The molecule has 0 unspecified atom stereocenters. The molecule has 0 aliphatic heterocycles. The molecule has 1 heterocycles. The Labute approximate surface area is 163 Å². The average molecular weight is 407 g/mol. The largest absolute Gasteiger partial charge is 0.392 e. The van der Waals surface area contributed by atoms with Gasteiger partial charge in [-0.1, -0.05) is 23.4 Å². The number of rotatable bonds is 6. The standard InChI is InChI=1S/C19H16ClFN2O3S/c1-11(24)9-23-18(26)15-7-4-13(20)8-16(15)22-19(23)27-10-17(25)12-2-5-14(21)6-3-12/h2-8,11,24H,9-10H2,1H3/t11-/m0/s1. The van der Waals surface area contributed by atoms with Gasteiger partial charge in [-0.15, -0.1) is 0 Å². The maximum Gasteiger partial charge on any atom is 0.262 e. The first-order chi connectivity index (χ1) is 12.8. The lowest BCUT2D eigenvalue weighted by atomic mass is 10.1. The van der Waals surface area contributed by atoms with Crippen molar-refractivity contribution in [1.29, 1.82) is 0 Å². The van der Waals surface area contributed by atoms with Gasteiger partial charge in [0.15, 0.2) is 10.9 Å². The molecule has 0 spiro atoms. The van der Waals surface area contributed by atoms with Gasteiger partial charge in [-0.25, -0.2) is 9.37 Å². The second-order valence-electron chi connectivity index (χ2n) is 6.04. The van der Waals surface area contributed by atoms with Gasteiger partial charge in [0, 0.05) is 10.6 Å². The maximum absolute atomic E-state index is 13.0. The van der Waals surface area contributed by atoms with E-state index in [9.17, 15) is 19.1 Å². The van der Waals surface area contributed by atoms with Crippen molar-refractivity contribution in [3.05, 3.63) is 69.2 Å². The van der Waals surface area contributed by atoms with Crippen LogP contribution in [0.1, 0.15) is 17.3 Å². The highest BCUT2D eigenvalue weighted by Gasteiger charge is 2.15. The molecular formula is C19H16ClFN2O3S. The monoisotopic (exact) mass is 406 g/mol. The summed E-state index contributed by atoms with van der Waals surface area (Å²) in [7, 11) is 0. The van der Waals surface area contributed by atoms with E-state index in [-0.39, 0.29) is 23.6 Å². The highest BCUT2D eigenvalue weighted by molar-refractivity contribution is 7.99. The molecule has 3 rings (SSSR count). The number of ketones is 1. The first-order valence-corrected chi connectivity index (χ1v) is 9.51. The number of carbonyl (C=O) groups excluding carboxylic acids is 1. The van der Waals surface area contributed by atoms with E-state index in [1.807, 2.05) is 0 Å². The fourth-order valence-corrected chi connectivity index (χ4v) is 3.63. The van der Waals surface area contributed by atoms with E-state index in [1.165, 1.54) is 28.8 Å². The summed E-state index contributed by atoms with van der Waals surface area (Å²) in [5, 5.41) is 10.9. The number of benzene rings is 2. The predicted octanol–water partition coefficient (Wildman–Crippen LogP) is 3.54. The van der Waals surface area contributed by atoms with Crippen LogP contribution in [0.2, 0.25) is 5.02 Å². The van der Waals surface area contributed by atoms with Gasteiger partial charge in [0.2, 0.25) is 0 Å². The molecule has 0 aliphatic carbocycles. The molecule has 0 radical (unpaired) electrons. The lowest BCUT2D eigenvalue weighted by Gasteiger charge is -2.14. The zero-order valence-electron chi connectivity index (χ0n) is 14.4. The summed E-state index contributed by atoms with van der Waals surface area (Å²) >= 11 is 7.07.